The van der Waals surface area contributed by atoms with E-state index in [0.717, 1.165) is 5.56 Å². The van der Waals surface area contributed by atoms with E-state index >= 15 is 0 Å². The Morgan fingerprint density at radius 1 is 1.08 bits per heavy atom. The van der Waals surface area contributed by atoms with Crippen molar-refractivity contribution in [3.8, 4) is 0 Å². The number of rotatable bonds is 4. The summed E-state index contributed by atoms with van der Waals surface area (Å²) in [4.78, 5) is 27.5. The number of anilines is 1. The second-order valence-corrected chi connectivity index (χ2v) is 5.68. The molecule has 2 aromatic rings. The van der Waals surface area contributed by atoms with Gasteiger partial charge in [-0.3, -0.25) is 14.6 Å². The van der Waals surface area contributed by atoms with Gasteiger partial charge in [-0.25, -0.2) is 0 Å². The molecule has 1 aliphatic rings. The molecule has 1 aromatic heterocycles. The third-order valence-electron chi connectivity index (χ3n) is 4.06. The lowest BCUT2D eigenvalue weighted by Crippen LogP contribution is -2.30. The summed E-state index contributed by atoms with van der Waals surface area (Å²) in [5.74, 6) is -2.08. The Bertz CT molecular complexity index is 767. The highest BCUT2D eigenvalue weighted by atomic mass is 19.4. The van der Waals surface area contributed by atoms with Crippen molar-refractivity contribution in [2.45, 2.75) is 24.4 Å². The molecule has 1 amide bonds. The number of carbonyl (C=O) groups is 2. The van der Waals surface area contributed by atoms with Crippen LogP contribution < -0.4 is 5.32 Å². The molecule has 3 rings (SSSR count). The van der Waals surface area contributed by atoms with Crippen molar-refractivity contribution < 1.29 is 22.8 Å². The van der Waals surface area contributed by atoms with Gasteiger partial charge in [0.1, 0.15) is 0 Å². The molecule has 1 saturated carbocycles. The maximum absolute atomic E-state index is 12.7. The van der Waals surface area contributed by atoms with Gasteiger partial charge in [-0.05, 0) is 42.7 Å². The number of halogens is 3. The molecule has 1 N–H and O–H groups in total. The number of hydrogen-bond acceptors (Lipinski definition) is 3. The molecule has 0 atom stereocenters. The van der Waals surface area contributed by atoms with E-state index in [0.29, 0.717) is 18.4 Å². The first-order valence-electron chi connectivity index (χ1n) is 7.26. The molecule has 0 radical (unpaired) electrons. The van der Waals surface area contributed by atoms with Gasteiger partial charge in [0.15, 0.2) is 5.78 Å². The third-order valence-corrected chi connectivity index (χ3v) is 4.06. The number of carbonyl (C=O) groups excluding carboxylic acids is 2. The first-order valence-corrected chi connectivity index (χ1v) is 7.26. The average molecular weight is 334 g/mol. The highest BCUT2D eigenvalue weighted by Gasteiger charge is 2.51. The largest absolute Gasteiger partial charge is 0.471 e. The highest BCUT2D eigenvalue weighted by molar-refractivity contribution is 6.06. The van der Waals surface area contributed by atoms with Crippen LogP contribution in [0.1, 0.15) is 28.8 Å². The standard InChI is InChI=1S/C17H13F3N2O2/c18-17(19,20)15(24)22-13-5-3-12(4-6-13)16(7-8-16)14(23)11-2-1-9-21-10-11/h1-6,9-10H,7-8H2,(H,22,24). The molecular formula is C17H13F3N2O2. The van der Waals surface area contributed by atoms with Crippen LogP contribution >= 0.6 is 0 Å². The Hall–Kier alpha value is -2.70. The number of nitrogens with one attached hydrogen (secondary N) is 1. The SMILES string of the molecule is O=C(Nc1ccc(C2(C(=O)c3cccnc3)CC2)cc1)C(F)(F)F. The fourth-order valence-corrected chi connectivity index (χ4v) is 2.62. The lowest BCUT2D eigenvalue weighted by Gasteiger charge is -2.15. The first kappa shape index (κ1) is 16.2. The van der Waals surface area contributed by atoms with Crippen LogP contribution in [0.2, 0.25) is 0 Å². The average Bonchev–Trinajstić information content (AvgIpc) is 3.36. The summed E-state index contributed by atoms with van der Waals surface area (Å²) in [6.07, 6.45) is -0.508. The third kappa shape index (κ3) is 3.02. The zero-order valence-electron chi connectivity index (χ0n) is 12.4. The smallest absolute Gasteiger partial charge is 0.318 e. The number of benzene rings is 1. The van der Waals surface area contributed by atoms with Gasteiger partial charge in [-0.1, -0.05) is 12.1 Å². The maximum Gasteiger partial charge on any atom is 0.471 e. The lowest BCUT2D eigenvalue weighted by molar-refractivity contribution is -0.167. The molecule has 1 fully saturated rings. The van der Waals surface area contributed by atoms with Gasteiger partial charge in [0, 0.05) is 23.6 Å². The van der Waals surface area contributed by atoms with Crippen molar-refractivity contribution in [1.29, 1.82) is 0 Å². The molecule has 1 heterocycles. The molecular weight excluding hydrogens is 321 g/mol. The summed E-state index contributed by atoms with van der Waals surface area (Å²) in [6.45, 7) is 0. The Labute approximate surface area is 135 Å². The quantitative estimate of drug-likeness (QED) is 0.871. The molecule has 0 unspecified atom stereocenters. The molecule has 1 aliphatic carbocycles. The number of nitrogens with zero attached hydrogens (tertiary/aromatic N) is 1. The van der Waals surface area contributed by atoms with E-state index in [1.807, 2.05) is 0 Å². The number of ketones is 1. The van der Waals surface area contributed by atoms with Crippen molar-refractivity contribution in [2.75, 3.05) is 5.32 Å². The number of pyridine rings is 1. The van der Waals surface area contributed by atoms with E-state index < -0.39 is 17.5 Å². The molecule has 1 aromatic carbocycles. The second-order valence-electron chi connectivity index (χ2n) is 5.68. The molecule has 4 nitrogen and oxygen atoms in total. The molecule has 0 aliphatic heterocycles. The van der Waals surface area contributed by atoms with Crippen molar-refractivity contribution in [1.82, 2.24) is 4.98 Å². The summed E-state index contributed by atoms with van der Waals surface area (Å²) < 4.78 is 36.7. The zero-order chi connectivity index (χ0) is 17.4. The summed E-state index contributed by atoms with van der Waals surface area (Å²) in [5.41, 5.74) is 0.617. The van der Waals surface area contributed by atoms with Crippen LogP contribution in [0.15, 0.2) is 48.8 Å². The number of amides is 1. The van der Waals surface area contributed by atoms with Gasteiger partial charge < -0.3 is 5.32 Å². The fourth-order valence-electron chi connectivity index (χ4n) is 2.62. The van der Waals surface area contributed by atoms with Gasteiger partial charge in [0.05, 0.1) is 5.41 Å². The fraction of sp³-hybridized carbons (Fsp3) is 0.235. The lowest BCUT2D eigenvalue weighted by atomic mass is 9.88. The van der Waals surface area contributed by atoms with Crippen LogP contribution in [0.25, 0.3) is 0 Å². The number of alkyl halides is 3. The van der Waals surface area contributed by atoms with E-state index in [1.54, 1.807) is 35.8 Å². The predicted molar refractivity (Wildman–Crippen MR) is 80.6 cm³/mol. The number of Topliss-reactive ketones (excluding diaryl/α,β-unsaturated/α-hetero) is 1. The minimum absolute atomic E-state index is 0.0331. The normalized spacial score (nSPS) is 15.6. The number of aromatic nitrogens is 1. The van der Waals surface area contributed by atoms with E-state index in [9.17, 15) is 22.8 Å². The van der Waals surface area contributed by atoms with E-state index in [2.05, 4.69) is 4.98 Å². The molecule has 24 heavy (non-hydrogen) atoms. The maximum atomic E-state index is 12.7. The number of hydrogen-bond donors (Lipinski definition) is 1. The van der Waals surface area contributed by atoms with Crippen LogP contribution in [-0.2, 0) is 10.2 Å². The van der Waals surface area contributed by atoms with Crippen LogP contribution in [-0.4, -0.2) is 22.9 Å². The zero-order valence-corrected chi connectivity index (χ0v) is 12.4. The van der Waals surface area contributed by atoms with E-state index in [-0.39, 0.29) is 11.5 Å². The van der Waals surface area contributed by atoms with Gasteiger partial charge in [0.2, 0.25) is 0 Å². The highest BCUT2D eigenvalue weighted by Crippen LogP contribution is 2.50. The van der Waals surface area contributed by atoms with Crippen LogP contribution in [0, 0.1) is 0 Å². The summed E-state index contributed by atoms with van der Waals surface area (Å²) in [5, 5.41) is 1.78. The molecule has 124 valence electrons. The van der Waals surface area contributed by atoms with E-state index in [1.165, 1.54) is 18.3 Å². The van der Waals surface area contributed by atoms with Gasteiger partial charge in [0.25, 0.3) is 0 Å². The van der Waals surface area contributed by atoms with E-state index in [4.69, 9.17) is 0 Å². The Kier molecular flexibility index (Phi) is 3.87. The van der Waals surface area contributed by atoms with Gasteiger partial charge in [-0.15, -0.1) is 0 Å². The summed E-state index contributed by atoms with van der Waals surface area (Å²) >= 11 is 0. The van der Waals surface area contributed by atoms with Crippen molar-refractivity contribution >= 4 is 17.4 Å². The minimum atomic E-state index is -4.94. The molecule has 0 saturated heterocycles. The molecule has 0 spiro atoms. The van der Waals surface area contributed by atoms with Crippen molar-refractivity contribution in [2.24, 2.45) is 0 Å². The molecule has 0 bridgehead atoms. The minimum Gasteiger partial charge on any atom is -0.318 e. The van der Waals surface area contributed by atoms with Gasteiger partial charge >= 0.3 is 12.1 Å². The summed E-state index contributed by atoms with van der Waals surface area (Å²) in [7, 11) is 0. The monoisotopic (exact) mass is 334 g/mol. The summed E-state index contributed by atoms with van der Waals surface area (Å²) in [6, 6.07) is 9.26. The van der Waals surface area contributed by atoms with Crippen molar-refractivity contribution in [3.63, 3.8) is 0 Å². The van der Waals surface area contributed by atoms with Crippen LogP contribution in [0.4, 0.5) is 18.9 Å². The molecule has 7 heteroatoms. The first-order chi connectivity index (χ1) is 11.3. The Morgan fingerprint density at radius 3 is 2.25 bits per heavy atom. The Morgan fingerprint density at radius 2 is 1.75 bits per heavy atom. The topological polar surface area (TPSA) is 59.1 Å². The van der Waals surface area contributed by atoms with Gasteiger partial charge in [-0.2, -0.15) is 13.2 Å². The van der Waals surface area contributed by atoms with Crippen LogP contribution in [0.3, 0.4) is 0 Å². The Balaban J connectivity index is 1.79. The van der Waals surface area contributed by atoms with Crippen LogP contribution in [0.5, 0.6) is 0 Å². The van der Waals surface area contributed by atoms with Crippen molar-refractivity contribution in [3.05, 3.63) is 59.9 Å². The second kappa shape index (κ2) is 5.74. The predicted octanol–water partition coefficient (Wildman–Crippen LogP) is 3.50.